The van der Waals surface area contributed by atoms with Crippen molar-refractivity contribution in [3.8, 4) is 0 Å². The maximum absolute atomic E-state index is 5.91. The summed E-state index contributed by atoms with van der Waals surface area (Å²) < 4.78 is 12.8. The van der Waals surface area contributed by atoms with Gasteiger partial charge in [0.25, 0.3) is 0 Å². The fourth-order valence-corrected chi connectivity index (χ4v) is 1.99. The lowest BCUT2D eigenvalue weighted by molar-refractivity contribution is -0.0470. The molecule has 5 heteroatoms. The average molecular weight is 245 g/mol. The zero-order valence-electron chi connectivity index (χ0n) is 9.95. The van der Waals surface area contributed by atoms with Crippen LogP contribution in [0.5, 0.6) is 0 Å². The van der Waals surface area contributed by atoms with Crippen LogP contribution in [-0.4, -0.2) is 22.8 Å². The Labute approximate surface area is 105 Å². The molecule has 94 valence electrons. The van der Waals surface area contributed by atoms with Gasteiger partial charge in [-0.15, -0.1) is 0 Å². The molecule has 1 aromatic heterocycles. The highest BCUT2D eigenvalue weighted by atomic mass is 16.7. The first-order valence-electron chi connectivity index (χ1n) is 5.91. The molecule has 2 aromatic rings. The van der Waals surface area contributed by atoms with Crippen molar-refractivity contribution >= 4 is 5.69 Å². The minimum atomic E-state index is -0.320. The van der Waals surface area contributed by atoms with Gasteiger partial charge < -0.3 is 19.8 Å². The van der Waals surface area contributed by atoms with Gasteiger partial charge >= 0.3 is 0 Å². The van der Waals surface area contributed by atoms with Gasteiger partial charge in [-0.05, 0) is 11.6 Å². The number of nitrogens with two attached hydrogens (primary N) is 1. The maximum atomic E-state index is 5.91. The van der Waals surface area contributed by atoms with Crippen molar-refractivity contribution < 1.29 is 9.47 Å². The van der Waals surface area contributed by atoms with Crippen LogP contribution in [0.1, 0.15) is 17.5 Å². The molecule has 0 atom stereocenters. The fraction of sp³-hybridized carbons (Fsp3) is 0.308. The Balaban J connectivity index is 1.75. The van der Waals surface area contributed by atoms with E-state index in [1.54, 1.807) is 6.33 Å². The molecule has 0 spiro atoms. The second kappa shape index (κ2) is 4.80. The number of rotatable bonds is 3. The Kier molecular flexibility index (Phi) is 3.00. The lowest BCUT2D eigenvalue weighted by Gasteiger charge is -2.06. The quantitative estimate of drug-likeness (QED) is 0.833. The van der Waals surface area contributed by atoms with E-state index in [1.165, 1.54) is 0 Å². The van der Waals surface area contributed by atoms with Crippen molar-refractivity contribution in [3.63, 3.8) is 0 Å². The summed E-state index contributed by atoms with van der Waals surface area (Å²) in [6.07, 6.45) is 3.38. The number of benzene rings is 1. The smallest absolute Gasteiger partial charge is 0.202 e. The topological polar surface area (TPSA) is 62.3 Å². The summed E-state index contributed by atoms with van der Waals surface area (Å²) in [5.74, 6) is 0. The molecule has 1 saturated heterocycles. The van der Waals surface area contributed by atoms with E-state index >= 15 is 0 Å². The van der Waals surface area contributed by atoms with Crippen LogP contribution in [0.15, 0.2) is 36.8 Å². The third-order valence-electron chi connectivity index (χ3n) is 2.92. The number of anilines is 1. The highest BCUT2D eigenvalue weighted by molar-refractivity contribution is 5.46. The standard InChI is InChI=1S/C13H15N3O2/c14-11-4-2-1-3-10(11)7-16-8-12(15-9-16)13-17-5-6-18-13/h1-4,8-9,13H,5-7,14H2. The van der Waals surface area contributed by atoms with E-state index in [9.17, 15) is 0 Å². The Morgan fingerprint density at radius 3 is 2.83 bits per heavy atom. The van der Waals surface area contributed by atoms with Crippen LogP contribution < -0.4 is 5.73 Å². The molecule has 0 bridgehead atoms. The highest BCUT2D eigenvalue weighted by Crippen LogP contribution is 2.21. The zero-order chi connectivity index (χ0) is 12.4. The summed E-state index contributed by atoms with van der Waals surface area (Å²) in [5, 5.41) is 0. The van der Waals surface area contributed by atoms with E-state index in [-0.39, 0.29) is 6.29 Å². The Hall–Kier alpha value is -1.85. The number of ether oxygens (including phenoxy) is 2. The predicted molar refractivity (Wildman–Crippen MR) is 66.8 cm³/mol. The summed E-state index contributed by atoms with van der Waals surface area (Å²) >= 11 is 0. The lowest BCUT2D eigenvalue weighted by atomic mass is 10.2. The molecule has 2 N–H and O–H groups in total. The molecule has 0 aliphatic carbocycles. The molecule has 0 unspecified atom stereocenters. The number of hydrogen-bond acceptors (Lipinski definition) is 4. The molecular weight excluding hydrogens is 230 g/mol. The first kappa shape index (κ1) is 11.3. The van der Waals surface area contributed by atoms with Crippen molar-refractivity contribution in [2.45, 2.75) is 12.8 Å². The summed E-state index contributed by atoms with van der Waals surface area (Å²) in [6.45, 7) is 1.96. The summed E-state index contributed by atoms with van der Waals surface area (Å²) in [4.78, 5) is 4.30. The SMILES string of the molecule is Nc1ccccc1Cn1cnc(C2OCCO2)c1. The van der Waals surface area contributed by atoms with Gasteiger partial charge in [-0.3, -0.25) is 0 Å². The largest absolute Gasteiger partial charge is 0.398 e. The van der Waals surface area contributed by atoms with Gasteiger partial charge in [0.05, 0.1) is 26.1 Å². The van der Waals surface area contributed by atoms with Gasteiger partial charge in [-0.2, -0.15) is 0 Å². The van der Waals surface area contributed by atoms with Gasteiger partial charge in [0.2, 0.25) is 6.29 Å². The molecular formula is C13H15N3O2. The molecule has 1 aliphatic heterocycles. The lowest BCUT2D eigenvalue weighted by Crippen LogP contribution is -2.01. The van der Waals surface area contributed by atoms with Crippen molar-refractivity contribution in [1.82, 2.24) is 9.55 Å². The van der Waals surface area contributed by atoms with E-state index in [1.807, 2.05) is 35.0 Å². The molecule has 2 heterocycles. The second-order valence-corrected chi connectivity index (χ2v) is 4.24. The van der Waals surface area contributed by atoms with Gasteiger partial charge in [0.15, 0.2) is 0 Å². The average Bonchev–Trinajstić information content (AvgIpc) is 3.02. The summed E-state index contributed by atoms with van der Waals surface area (Å²) in [6, 6.07) is 7.82. The van der Waals surface area contributed by atoms with Gasteiger partial charge in [-0.1, -0.05) is 18.2 Å². The van der Waals surface area contributed by atoms with E-state index in [0.717, 1.165) is 16.9 Å². The minimum absolute atomic E-state index is 0.320. The van der Waals surface area contributed by atoms with Crippen LogP contribution in [0.3, 0.4) is 0 Å². The second-order valence-electron chi connectivity index (χ2n) is 4.24. The van der Waals surface area contributed by atoms with Crippen LogP contribution in [-0.2, 0) is 16.0 Å². The van der Waals surface area contributed by atoms with Crippen molar-refractivity contribution in [2.24, 2.45) is 0 Å². The van der Waals surface area contributed by atoms with Crippen molar-refractivity contribution in [3.05, 3.63) is 48.0 Å². The Bertz CT molecular complexity index is 533. The molecule has 1 aromatic carbocycles. The zero-order valence-corrected chi connectivity index (χ0v) is 9.95. The van der Waals surface area contributed by atoms with E-state index in [4.69, 9.17) is 15.2 Å². The molecule has 0 amide bonds. The predicted octanol–water partition coefficient (Wildman–Crippen LogP) is 1.56. The molecule has 0 saturated carbocycles. The Morgan fingerprint density at radius 2 is 2.06 bits per heavy atom. The molecule has 5 nitrogen and oxygen atoms in total. The summed E-state index contributed by atoms with van der Waals surface area (Å²) in [7, 11) is 0. The number of nitrogens with zero attached hydrogens (tertiary/aromatic N) is 2. The molecule has 1 aliphatic rings. The number of imidazole rings is 1. The molecule has 0 radical (unpaired) electrons. The highest BCUT2D eigenvalue weighted by Gasteiger charge is 2.20. The van der Waals surface area contributed by atoms with Gasteiger partial charge in [0, 0.05) is 11.9 Å². The molecule has 3 rings (SSSR count). The minimum Gasteiger partial charge on any atom is -0.398 e. The molecule has 1 fully saturated rings. The van der Waals surface area contributed by atoms with Gasteiger partial charge in [0.1, 0.15) is 5.69 Å². The third kappa shape index (κ3) is 2.23. The first-order valence-corrected chi connectivity index (χ1v) is 5.91. The number of para-hydroxylation sites is 1. The van der Waals surface area contributed by atoms with Crippen LogP contribution in [0.4, 0.5) is 5.69 Å². The van der Waals surface area contributed by atoms with E-state index in [0.29, 0.717) is 19.8 Å². The first-order chi connectivity index (χ1) is 8.83. The monoisotopic (exact) mass is 245 g/mol. The Morgan fingerprint density at radius 1 is 1.28 bits per heavy atom. The third-order valence-corrected chi connectivity index (χ3v) is 2.92. The van der Waals surface area contributed by atoms with Crippen LogP contribution >= 0.6 is 0 Å². The van der Waals surface area contributed by atoms with Crippen molar-refractivity contribution in [2.75, 3.05) is 18.9 Å². The fourth-order valence-electron chi connectivity index (χ4n) is 1.99. The molecule has 18 heavy (non-hydrogen) atoms. The van der Waals surface area contributed by atoms with E-state index in [2.05, 4.69) is 4.98 Å². The summed E-state index contributed by atoms with van der Waals surface area (Å²) in [5.41, 5.74) is 8.59. The van der Waals surface area contributed by atoms with E-state index < -0.39 is 0 Å². The van der Waals surface area contributed by atoms with Crippen molar-refractivity contribution in [1.29, 1.82) is 0 Å². The number of aromatic nitrogens is 2. The number of nitrogen functional groups attached to an aromatic ring is 1. The number of hydrogen-bond donors (Lipinski definition) is 1. The van der Waals surface area contributed by atoms with Crippen LogP contribution in [0.25, 0.3) is 0 Å². The van der Waals surface area contributed by atoms with Crippen LogP contribution in [0.2, 0.25) is 0 Å². The maximum Gasteiger partial charge on any atom is 0.202 e. The van der Waals surface area contributed by atoms with Gasteiger partial charge in [-0.25, -0.2) is 4.98 Å². The van der Waals surface area contributed by atoms with Crippen LogP contribution in [0, 0.1) is 0 Å². The normalized spacial score (nSPS) is 16.2.